The quantitative estimate of drug-likeness (QED) is 0.889. The highest BCUT2D eigenvalue weighted by molar-refractivity contribution is 6.31. The predicted octanol–water partition coefficient (Wildman–Crippen LogP) is 2.29. The number of amides is 2. The van der Waals surface area contributed by atoms with Crippen molar-refractivity contribution in [3.8, 4) is 0 Å². The molecule has 1 aliphatic rings. The maximum Gasteiger partial charge on any atom is 0.410 e. The smallest absolute Gasteiger partial charge is 0.410 e. The van der Waals surface area contributed by atoms with E-state index in [0.29, 0.717) is 37.6 Å². The molecule has 0 saturated carbocycles. The summed E-state index contributed by atoms with van der Waals surface area (Å²) in [5.41, 5.74) is 6.40. The van der Waals surface area contributed by atoms with Crippen LogP contribution < -0.4 is 5.73 Å². The minimum absolute atomic E-state index is 0.122. The van der Waals surface area contributed by atoms with Crippen LogP contribution in [0, 0.1) is 0 Å². The van der Waals surface area contributed by atoms with Crippen molar-refractivity contribution >= 4 is 23.6 Å². The fourth-order valence-corrected chi connectivity index (χ4v) is 2.87. The van der Waals surface area contributed by atoms with Gasteiger partial charge in [0, 0.05) is 31.2 Å². The Hall–Kier alpha value is -1.79. The molecule has 0 aliphatic carbocycles. The number of halogens is 1. The maximum atomic E-state index is 12.5. The Morgan fingerprint density at radius 2 is 1.72 bits per heavy atom. The van der Waals surface area contributed by atoms with Crippen LogP contribution in [-0.2, 0) is 16.0 Å². The Bertz CT molecular complexity index is 622. The second-order valence-electron chi connectivity index (χ2n) is 7.19. The molecule has 2 N–H and O–H groups in total. The third-order valence-corrected chi connectivity index (χ3v) is 4.33. The Labute approximate surface area is 153 Å². The highest BCUT2D eigenvalue weighted by atomic mass is 35.5. The average molecular weight is 368 g/mol. The third kappa shape index (κ3) is 5.61. The summed E-state index contributed by atoms with van der Waals surface area (Å²) in [7, 11) is 0. The van der Waals surface area contributed by atoms with Gasteiger partial charge in [-0.3, -0.25) is 4.79 Å². The fourth-order valence-electron chi connectivity index (χ4n) is 2.66. The van der Waals surface area contributed by atoms with Crippen molar-refractivity contribution in [1.29, 1.82) is 0 Å². The molecule has 2 rings (SSSR count). The molecule has 1 saturated heterocycles. The zero-order valence-corrected chi connectivity index (χ0v) is 15.8. The summed E-state index contributed by atoms with van der Waals surface area (Å²) in [5, 5.41) is 0.612. The number of benzene rings is 1. The summed E-state index contributed by atoms with van der Waals surface area (Å²) in [6.45, 7) is 7.29. The molecule has 0 unspecified atom stereocenters. The van der Waals surface area contributed by atoms with E-state index in [4.69, 9.17) is 22.1 Å². The average Bonchev–Trinajstić information content (AvgIpc) is 2.55. The van der Waals surface area contributed by atoms with Crippen LogP contribution in [0.3, 0.4) is 0 Å². The molecule has 138 valence electrons. The molecule has 6 nitrogen and oxygen atoms in total. The predicted molar refractivity (Wildman–Crippen MR) is 97.5 cm³/mol. The van der Waals surface area contributed by atoms with Crippen molar-refractivity contribution in [2.45, 2.75) is 38.8 Å². The zero-order valence-electron chi connectivity index (χ0n) is 15.0. The van der Waals surface area contributed by atoms with E-state index in [0.717, 1.165) is 5.56 Å². The van der Waals surface area contributed by atoms with Gasteiger partial charge in [0.25, 0.3) is 0 Å². The van der Waals surface area contributed by atoms with E-state index in [-0.39, 0.29) is 12.0 Å². The van der Waals surface area contributed by atoms with E-state index in [9.17, 15) is 9.59 Å². The summed E-state index contributed by atoms with van der Waals surface area (Å²) >= 11 is 6.13. The van der Waals surface area contributed by atoms with Crippen molar-refractivity contribution in [2.24, 2.45) is 5.73 Å². The van der Waals surface area contributed by atoms with Crippen LogP contribution >= 0.6 is 11.6 Å². The number of ether oxygens (including phenoxy) is 1. The molecule has 0 spiro atoms. The van der Waals surface area contributed by atoms with Gasteiger partial charge in [0.15, 0.2) is 0 Å². The Kier molecular flexibility index (Phi) is 6.30. The molecule has 0 bridgehead atoms. The molecule has 1 aromatic carbocycles. The number of carbonyl (C=O) groups excluding carboxylic acids is 2. The van der Waals surface area contributed by atoms with Gasteiger partial charge in [0.2, 0.25) is 5.91 Å². The van der Waals surface area contributed by atoms with Crippen LogP contribution in [0.25, 0.3) is 0 Å². The largest absolute Gasteiger partial charge is 0.444 e. The highest BCUT2D eigenvalue weighted by Gasteiger charge is 2.29. The molecule has 1 aromatic rings. The second-order valence-corrected chi connectivity index (χ2v) is 7.60. The maximum absolute atomic E-state index is 12.5. The monoisotopic (exact) mass is 367 g/mol. The van der Waals surface area contributed by atoms with Gasteiger partial charge in [-0.15, -0.1) is 0 Å². The van der Waals surface area contributed by atoms with E-state index < -0.39 is 11.6 Å². The summed E-state index contributed by atoms with van der Waals surface area (Å²) in [4.78, 5) is 27.9. The Morgan fingerprint density at radius 1 is 1.16 bits per heavy atom. The number of nitrogens with zero attached hydrogens (tertiary/aromatic N) is 2. The van der Waals surface area contributed by atoms with Crippen LogP contribution in [0.1, 0.15) is 26.3 Å². The fraction of sp³-hybridized carbons (Fsp3) is 0.556. The van der Waals surface area contributed by atoms with E-state index >= 15 is 0 Å². The number of rotatable bonds is 3. The lowest BCUT2D eigenvalue weighted by Crippen LogP contribution is -2.55. The van der Waals surface area contributed by atoms with Crippen LogP contribution in [0.15, 0.2) is 24.3 Å². The van der Waals surface area contributed by atoms with Gasteiger partial charge in [-0.2, -0.15) is 0 Å². The van der Waals surface area contributed by atoms with Crippen molar-refractivity contribution < 1.29 is 14.3 Å². The number of piperazine rings is 1. The minimum Gasteiger partial charge on any atom is -0.444 e. The summed E-state index contributed by atoms with van der Waals surface area (Å²) < 4.78 is 5.36. The standard InChI is InChI=1S/C18H26ClN3O3/c1-18(2,3)25-17(24)22-10-8-21(9-11-22)16(23)15(20)12-13-6-4-5-7-14(13)19/h4-7,15H,8-12,20H2,1-3H3/t15-/m0/s1. The molecule has 0 aromatic heterocycles. The van der Waals surface area contributed by atoms with Crippen molar-refractivity contribution in [2.75, 3.05) is 26.2 Å². The molecule has 2 amide bonds. The first-order valence-corrected chi connectivity index (χ1v) is 8.81. The molecule has 1 heterocycles. The van der Waals surface area contributed by atoms with Crippen molar-refractivity contribution in [1.82, 2.24) is 9.80 Å². The second kappa shape index (κ2) is 8.06. The van der Waals surface area contributed by atoms with E-state index in [1.807, 2.05) is 39.0 Å². The summed E-state index contributed by atoms with van der Waals surface area (Å²) in [6.07, 6.45) is 0.0464. The van der Waals surface area contributed by atoms with E-state index in [2.05, 4.69) is 0 Å². The van der Waals surface area contributed by atoms with Crippen LogP contribution in [0.5, 0.6) is 0 Å². The zero-order chi connectivity index (χ0) is 18.6. The van der Waals surface area contributed by atoms with Gasteiger partial charge in [-0.05, 0) is 38.8 Å². The van der Waals surface area contributed by atoms with Gasteiger partial charge in [-0.1, -0.05) is 29.8 Å². The van der Waals surface area contributed by atoms with Gasteiger partial charge in [0.1, 0.15) is 5.60 Å². The Morgan fingerprint density at radius 3 is 2.28 bits per heavy atom. The van der Waals surface area contributed by atoms with E-state index in [1.54, 1.807) is 15.9 Å². The van der Waals surface area contributed by atoms with Crippen molar-refractivity contribution in [3.63, 3.8) is 0 Å². The lowest BCUT2D eigenvalue weighted by molar-refractivity contribution is -0.134. The molecule has 1 aliphatic heterocycles. The summed E-state index contributed by atoms with van der Waals surface area (Å²) in [5.74, 6) is -0.122. The lowest BCUT2D eigenvalue weighted by Gasteiger charge is -2.36. The number of hydrogen-bond donors (Lipinski definition) is 1. The van der Waals surface area contributed by atoms with E-state index in [1.165, 1.54) is 0 Å². The van der Waals surface area contributed by atoms with Gasteiger partial charge in [-0.25, -0.2) is 4.79 Å². The topological polar surface area (TPSA) is 75.9 Å². The minimum atomic E-state index is -0.645. The number of nitrogens with two attached hydrogens (primary N) is 1. The molecule has 7 heteroatoms. The first-order valence-electron chi connectivity index (χ1n) is 8.43. The molecule has 1 fully saturated rings. The molecule has 25 heavy (non-hydrogen) atoms. The van der Waals surface area contributed by atoms with Crippen LogP contribution in [0.4, 0.5) is 4.79 Å². The first-order chi connectivity index (χ1) is 11.7. The third-order valence-electron chi connectivity index (χ3n) is 3.96. The van der Waals surface area contributed by atoms with Gasteiger partial charge < -0.3 is 20.3 Å². The number of carbonyl (C=O) groups is 2. The molecule has 0 radical (unpaired) electrons. The normalized spacial score (nSPS) is 16.5. The van der Waals surface area contributed by atoms with Gasteiger partial charge >= 0.3 is 6.09 Å². The first kappa shape index (κ1) is 19.5. The lowest BCUT2D eigenvalue weighted by atomic mass is 10.1. The number of hydrogen-bond acceptors (Lipinski definition) is 4. The highest BCUT2D eigenvalue weighted by Crippen LogP contribution is 2.17. The van der Waals surface area contributed by atoms with Gasteiger partial charge in [0.05, 0.1) is 6.04 Å². The van der Waals surface area contributed by atoms with Crippen LogP contribution in [0.2, 0.25) is 5.02 Å². The van der Waals surface area contributed by atoms with Crippen LogP contribution in [-0.4, -0.2) is 59.6 Å². The molecular formula is C18H26ClN3O3. The molecule has 1 atom stereocenters. The Balaban J connectivity index is 1.86. The summed E-state index contributed by atoms with van der Waals surface area (Å²) in [6, 6.07) is 6.73. The molecular weight excluding hydrogens is 342 g/mol. The SMILES string of the molecule is CC(C)(C)OC(=O)N1CCN(C(=O)[C@@H](N)Cc2ccccc2Cl)CC1. The van der Waals surface area contributed by atoms with Crippen molar-refractivity contribution in [3.05, 3.63) is 34.9 Å².